The number of carbonyl (C=O) groups excluding carboxylic acids is 2. The van der Waals surface area contributed by atoms with Crippen LogP contribution in [0, 0.1) is 11.3 Å². The van der Waals surface area contributed by atoms with Gasteiger partial charge in [0.05, 0.1) is 0 Å². The molecule has 10 heteroatoms. The van der Waals surface area contributed by atoms with Crippen molar-refractivity contribution in [3.63, 3.8) is 0 Å². The second-order valence-corrected chi connectivity index (χ2v) is 12.7. The Morgan fingerprint density at radius 3 is 2.37 bits per heavy atom. The minimum Gasteiger partial charge on any atom is -0.367 e. The van der Waals surface area contributed by atoms with Gasteiger partial charge in [0, 0.05) is 44.0 Å². The number of halogens is 1. The first kappa shape index (κ1) is 31.0. The van der Waals surface area contributed by atoms with Crippen LogP contribution in [0.4, 0.5) is 5.95 Å². The molecule has 1 atom stereocenters. The molecule has 0 radical (unpaired) electrons. The van der Waals surface area contributed by atoms with Crippen LogP contribution in [-0.4, -0.2) is 50.6 Å². The van der Waals surface area contributed by atoms with Gasteiger partial charge in [0.1, 0.15) is 12.4 Å². The van der Waals surface area contributed by atoms with E-state index in [2.05, 4.69) is 15.4 Å². The number of aryl methyl sites for hydroxylation is 1. The van der Waals surface area contributed by atoms with Crippen LogP contribution in [0.5, 0.6) is 0 Å². The highest BCUT2D eigenvalue weighted by atomic mass is 35.5. The summed E-state index contributed by atoms with van der Waals surface area (Å²) in [5, 5.41) is 8.12. The lowest BCUT2D eigenvalue weighted by atomic mass is 9.63. The average Bonchev–Trinajstić information content (AvgIpc) is 3.45. The van der Waals surface area contributed by atoms with E-state index in [-0.39, 0.29) is 23.7 Å². The standard InChI is InChI=1S/C33H44ClN7O2/c34-28-13-10-24(11-14-28)20-29(38-30(42)15-12-25-6-4-5-7-26(25)21-35)31(43)40-18-16-33(17-19-40,27-8-2-1-3-9-27)22-41-23-37-32(36)39-41/h4-7,10-11,13-14,23,27,29H,1-3,8-9,12,15-22,35H2,(H2,36,39)(H,38,42)/t29-/m1/s1. The third-order valence-corrected chi connectivity index (χ3v) is 9.77. The molecular formula is C33H44ClN7O2. The van der Waals surface area contributed by atoms with Crippen molar-refractivity contribution in [1.82, 2.24) is 25.0 Å². The third kappa shape index (κ3) is 7.95. The topological polar surface area (TPSA) is 132 Å². The van der Waals surface area contributed by atoms with Crippen LogP contribution in [0.2, 0.25) is 5.02 Å². The molecule has 43 heavy (non-hydrogen) atoms. The van der Waals surface area contributed by atoms with Crippen molar-refractivity contribution in [1.29, 1.82) is 0 Å². The summed E-state index contributed by atoms with van der Waals surface area (Å²) >= 11 is 6.12. The van der Waals surface area contributed by atoms with Crippen molar-refractivity contribution in [2.75, 3.05) is 18.8 Å². The van der Waals surface area contributed by atoms with Gasteiger partial charge in [-0.15, -0.1) is 5.10 Å². The fourth-order valence-corrected chi connectivity index (χ4v) is 7.21. The summed E-state index contributed by atoms with van der Waals surface area (Å²) in [6.45, 7) is 2.49. The molecule has 2 aromatic carbocycles. The van der Waals surface area contributed by atoms with Crippen molar-refractivity contribution in [2.45, 2.75) is 83.3 Å². The molecule has 5 rings (SSSR count). The molecule has 1 aliphatic carbocycles. The normalized spacial score (nSPS) is 17.9. The average molecular weight is 606 g/mol. The number of aromatic nitrogens is 3. The molecule has 2 fully saturated rings. The molecule has 0 bridgehead atoms. The van der Waals surface area contributed by atoms with Gasteiger partial charge in [-0.3, -0.25) is 14.3 Å². The molecule has 1 saturated heterocycles. The van der Waals surface area contributed by atoms with E-state index >= 15 is 0 Å². The fraction of sp³-hybridized carbons (Fsp3) is 0.515. The Morgan fingerprint density at radius 1 is 1.02 bits per heavy atom. The monoisotopic (exact) mass is 605 g/mol. The highest BCUT2D eigenvalue weighted by molar-refractivity contribution is 6.30. The molecule has 1 aromatic heterocycles. The molecule has 230 valence electrons. The smallest absolute Gasteiger partial charge is 0.245 e. The number of hydrogen-bond acceptors (Lipinski definition) is 6. The number of rotatable bonds is 11. The second kappa shape index (κ2) is 14.4. The number of nitrogen functional groups attached to an aromatic ring is 1. The van der Waals surface area contributed by atoms with E-state index in [1.54, 1.807) is 6.33 Å². The van der Waals surface area contributed by atoms with Crippen LogP contribution in [0.1, 0.15) is 68.1 Å². The number of anilines is 1. The van der Waals surface area contributed by atoms with Crippen LogP contribution >= 0.6 is 11.6 Å². The molecule has 5 N–H and O–H groups in total. The summed E-state index contributed by atoms with van der Waals surface area (Å²) < 4.78 is 1.88. The number of amides is 2. The molecule has 2 amide bonds. The van der Waals surface area contributed by atoms with Gasteiger partial charge in [-0.25, -0.2) is 4.98 Å². The first-order valence-electron chi connectivity index (χ1n) is 15.6. The maximum Gasteiger partial charge on any atom is 0.245 e. The summed E-state index contributed by atoms with van der Waals surface area (Å²) in [5.41, 5.74) is 14.8. The summed E-state index contributed by atoms with van der Waals surface area (Å²) in [7, 11) is 0. The highest BCUT2D eigenvalue weighted by Gasteiger charge is 2.44. The predicted octanol–water partition coefficient (Wildman–Crippen LogP) is 4.52. The molecule has 2 aliphatic rings. The van der Waals surface area contributed by atoms with Gasteiger partial charge >= 0.3 is 0 Å². The number of benzene rings is 2. The van der Waals surface area contributed by atoms with Crippen molar-refractivity contribution >= 4 is 29.4 Å². The largest absolute Gasteiger partial charge is 0.367 e. The summed E-state index contributed by atoms with van der Waals surface area (Å²) in [5.74, 6) is 0.702. The van der Waals surface area contributed by atoms with E-state index in [4.69, 9.17) is 23.1 Å². The number of hydrogen-bond donors (Lipinski definition) is 3. The maximum absolute atomic E-state index is 14.1. The summed E-state index contributed by atoms with van der Waals surface area (Å²) in [6.07, 6.45) is 11.0. The van der Waals surface area contributed by atoms with Crippen molar-refractivity contribution in [3.05, 3.63) is 76.6 Å². The molecule has 9 nitrogen and oxygen atoms in total. The Labute approximate surface area is 259 Å². The van der Waals surface area contributed by atoms with Gasteiger partial charge in [0.15, 0.2) is 0 Å². The van der Waals surface area contributed by atoms with E-state index in [0.29, 0.717) is 49.4 Å². The lowest BCUT2D eigenvalue weighted by molar-refractivity contribution is -0.139. The number of piperidine rings is 1. The van der Waals surface area contributed by atoms with Crippen molar-refractivity contribution in [2.24, 2.45) is 17.1 Å². The molecule has 2 heterocycles. The lowest BCUT2D eigenvalue weighted by Gasteiger charge is -2.48. The number of nitrogens with two attached hydrogens (primary N) is 2. The Bertz CT molecular complexity index is 1360. The first-order valence-corrected chi connectivity index (χ1v) is 16.0. The number of nitrogens with zero attached hydrogens (tertiary/aromatic N) is 4. The Kier molecular flexibility index (Phi) is 10.4. The van der Waals surface area contributed by atoms with Gasteiger partial charge in [-0.1, -0.05) is 67.3 Å². The van der Waals surface area contributed by atoms with Crippen molar-refractivity contribution in [3.8, 4) is 0 Å². The quantitative estimate of drug-likeness (QED) is 0.294. The Hall–Kier alpha value is -3.43. The van der Waals surface area contributed by atoms with E-state index in [1.165, 1.54) is 32.1 Å². The lowest BCUT2D eigenvalue weighted by Crippen LogP contribution is -2.54. The van der Waals surface area contributed by atoms with Gasteiger partial charge in [0.2, 0.25) is 17.8 Å². The second-order valence-electron chi connectivity index (χ2n) is 12.2. The van der Waals surface area contributed by atoms with Crippen molar-refractivity contribution < 1.29 is 9.59 Å². The van der Waals surface area contributed by atoms with Crippen LogP contribution < -0.4 is 16.8 Å². The fourth-order valence-electron chi connectivity index (χ4n) is 7.08. The van der Waals surface area contributed by atoms with E-state index < -0.39 is 6.04 Å². The number of likely N-dealkylation sites (tertiary alicyclic amines) is 1. The van der Waals surface area contributed by atoms with E-state index in [1.807, 2.05) is 58.1 Å². The zero-order valence-electron chi connectivity index (χ0n) is 24.9. The molecule has 1 aliphatic heterocycles. The van der Waals surface area contributed by atoms with Crippen LogP contribution in [-0.2, 0) is 35.5 Å². The molecule has 1 saturated carbocycles. The highest BCUT2D eigenvalue weighted by Crippen LogP contribution is 2.47. The molecular weight excluding hydrogens is 562 g/mol. The van der Waals surface area contributed by atoms with Gasteiger partial charge in [0.25, 0.3) is 0 Å². The Morgan fingerprint density at radius 2 is 1.72 bits per heavy atom. The molecule has 0 unspecified atom stereocenters. The number of carbonyl (C=O) groups is 2. The van der Waals surface area contributed by atoms with E-state index in [9.17, 15) is 9.59 Å². The first-order chi connectivity index (χ1) is 20.8. The van der Waals surface area contributed by atoms with Crippen LogP contribution in [0.15, 0.2) is 54.9 Å². The predicted molar refractivity (Wildman–Crippen MR) is 169 cm³/mol. The Balaban J connectivity index is 1.28. The number of nitrogens with one attached hydrogen (secondary N) is 1. The van der Waals surface area contributed by atoms with Crippen LogP contribution in [0.25, 0.3) is 0 Å². The van der Waals surface area contributed by atoms with Gasteiger partial charge < -0.3 is 21.7 Å². The zero-order valence-corrected chi connectivity index (χ0v) is 25.6. The summed E-state index contributed by atoms with van der Waals surface area (Å²) in [6, 6.07) is 14.7. The molecule has 3 aromatic rings. The van der Waals surface area contributed by atoms with Gasteiger partial charge in [-0.2, -0.15) is 0 Å². The van der Waals surface area contributed by atoms with E-state index in [0.717, 1.165) is 36.1 Å². The minimum absolute atomic E-state index is 0.0343. The van der Waals surface area contributed by atoms with Crippen LogP contribution in [0.3, 0.4) is 0 Å². The third-order valence-electron chi connectivity index (χ3n) is 9.52. The minimum atomic E-state index is -0.657. The SMILES string of the molecule is NCc1ccccc1CCC(=O)N[C@H](Cc1ccc(Cl)cc1)C(=O)N1CCC(Cn2cnc(N)n2)(C2CCCCC2)CC1. The molecule has 0 spiro atoms. The van der Waals surface area contributed by atoms with Gasteiger partial charge in [-0.05, 0) is 72.3 Å². The zero-order chi connectivity index (χ0) is 30.2. The summed E-state index contributed by atoms with van der Waals surface area (Å²) in [4.78, 5) is 33.4. The maximum atomic E-state index is 14.1.